The molecule has 0 amide bonds. The average Bonchev–Trinajstić information content (AvgIpc) is 2.63. The summed E-state index contributed by atoms with van der Waals surface area (Å²) in [5.74, 6) is 0.968. The summed E-state index contributed by atoms with van der Waals surface area (Å²) < 4.78 is 1.05. The molecule has 0 atom stereocenters. The largest absolute Gasteiger partial charge is 0.293 e. The van der Waals surface area contributed by atoms with Crippen LogP contribution in [0.4, 0.5) is 17.2 Å². The van der Waals surface area contributed by atoms with E-state index in [0.717, 1.165) is 21.5 Å². The van der Waals surface area contributed by atoms with Crippen molar-refractivity contribution in [3.63, 3.8) is 0 Å². The molecule has 2 nitrogen and oxygen atoms in total. The Balaban J connectivity index is 1.95. The number of hydrogen-bond acceptors (Lipinski definition) is 2. The van der Waals surface area contributed by atoms with Crippen LogP contribution in [0.2, 0.25) is 0 Å². The molecular formula is C21H13BrN2. The van der Waals surface area contributed by atoms with Crippen molar-refractivity contribution in [3.8, 4) is 11.1 Å². The molecule has 1 aromatic heterocycles. The fourth-order valence-corrected chi connectivity index (χ4v) is 3.97. The lowest BCUT2D eigenvalue weighted by Gasteiger charge is -2.32. The molecule has 0 bridgehead atoms. The molecule has 0 N–H and O–H groups in total. The Bertz CT molecular complexity index is 1080. The molecule has 1 aliphatic rings. The standard InChI is InChI=1S/C21H13BrN2/c22-17-10-1-2-11-18(17)24-19-12-4-7-14-6-3-8-15(20(14)19)16-9-5-13-23-21(16)24/h1-13H. The van der Waals surface area contributed by atoms with Crippen molar-refractivity contribution >= 4 is 43.9 Å². The van der Waals surface area contributed by atoms with Gasteiger partial charge in [-0.3, -0.25) is 4.90 Å². The molecule has 114 valence electrons. The van der Waals surface area contributed by atoms with E-state index in [4.69, 9.17) is 4.98 Å². The maximum Gasteiger partial charge on any atom is 0.145 e. The monoisotopic (exact) mass is 372 g/mol. The molecule has 0 fully saturated rings. The molecule has 0 radical (unpaired) electrons. The van der Waals surface area contributed by atoms with Crippen molar-refractivity contribution in [3.05, 3.63) is 83.5 Å². The number of hydrogen-bond donors (Lipinski definition) is 0. The smallest absolute Gasteiger partial charge is 0.145 e. The van der Waals surface area contributed by atoms with Crippen molar-refractivity contribution in [1.82, 2.24) is 4.98 Å². The summed E-state index contributed by atoms with van der Waals surface area (Å²) in [7, 11) is 0. The minimum absolute atomic E-state index is 0.968. The number of aromatic nitrogens is 1. The van der Waals surface area contributed by atoms with E-state index in [1.165, 1.54) is 22.0 Å². The topological polar surface area (TPSA) is 16.1 Å². The molecule has 0 aliphatic carbocycles. The van der Waals surface area contributed by atoms with E-state index in [1.807, 2.05) is 18.3 Å². The van der Waals surface area contributed by atoms with Crippen LogP contribution in [0.3, 0.4) is 0 Å². The first-order valence-electron chi connectivity index (χ1n) is 7.86. The highest BCUT2D eigenvalue weighted by molar-refractivity contribution is 9.10. The molecule has 3 aromatic carbocycles. The minimum Gasteiger partial charge on any atom is -0.293 e. The number of halogens is 1. The molecule has 24 heavy (non-hydrogen) atoms. The zero-order valence-corrected chi connectivity index (χ0v) is 14.4. The normalized spacial score (nSPS) is 12.3. The van der Waals surface area contributed by atoms with Gasteiger partial charge in [-0.15, -0.1) is 0 Å². The number of fused-ring (bicyclic) bond motifs is 2. The first-order valence-corrected chi connectivity index (χ1v) is 8.66. The molecule has 3 heteroatoms. The van der Waals surface area contributed by atoms with Gasteiger partial charge in [0.15, 0.2) is 0 Å². The number of pyridine rings is 1. The predicted octanol–water partition coefficient (Wildman–Crippen LogP) is 6.45. The van der Waals surface area contributed by atoms with E-state index in [1.54, 1.807) is 0 Å². The number of anilines is 3. The zero-order valence-electron chi connectivity index (χ0n) is 12.8. The van der Waals surface area contributed by atoms with Gasteiger partial charge in [0.2, 0.25) is 0 Å². The molecule has 0 saturated heterocycles. The zero-order chi connectivity index (χ0) is 16.1. The summed E-state index contributed by atoms with van der Waals surface area (Å²) in [6.45, 7) is 0. The fraction of sp³-hybridized carbons (Fsp3) is 0. The Morgan fingerprint density at radius 2 is 1.46 bits per heavy atom. The van der Waals surface area contributed by atoms with Gasteiger partial charge in [-0.2, -0.15) is 0 Å². The van der Waals surface area contributed by atoms with Gasteiger partial charge >= 0.3 is 0 Å². The highest BCUT2D eigenvalue weighted by Gasteiger charge is 2.27. The van der Waals surface area contributed by atoms with Gasteiger partial charge in [0.1, 0.15) is 5.82 Å². The first-order chi connectivity index (χ1) is 11.8. The van der Waals surface area contributed by atoms with E-state index >= 15 is 0 Å². The van der Waals surface area contributed by atoms with Crippen LogP contribution < -0.4 is 4.90 Å². The highest BCUT2D eigenvalue weighted by atomic mass is 79.9. The molecule has 5 rings (SSSR count). The van der Waals surface area contributed by atoms with E-state index in [0.29, 0.717) is 0 Å². The van der Waals surface area contributed by atoms with E-state index in [2.05, 4.69) is 81.5 Å². The molecule has 0 unspecified atom stereocenters. The third kappa shape index (κ3) is 1.85. The number of benzene rings is 3. The fourth-order valence-electron chi connectivity index (χ4n) is 3.51. The van der Waals surface area contributed by atoms with Crippen molar-refractivity contribution < 1.29 is 0 Å². The summed E-state index contributed by atoms with van der Waals surface area (Å²) >= 11 is 3.70. The average molecular weight is 373 g/mol. The Kier molecular flexibility index (Phi) is 2.97. The minimum atomic E-state index is 0.968. The second-order valence-electron chi connectivity index (χ2n) is 5.84. The number of para-hydroxylation sites is 1. The summed E-state index contributed by atoms with van der Waals surface area (Å²) in [6, 6.07) is 25.4. The van der Waals surface area contributed by atoms with Crippen molar-refractivity contribution in [1.29, 1.82) is 0 Å². The van der Waals surface area contributed by atoms with Crippen molar-refractivity contribution in [2.75, 3.05) is 4.90 Å². The van der Waals surface area contributed by atoms with Crippen molar-refractivity contribution in [2.24, 2.45) is 0 Å². The second kappa shape index (κ2) is 5.18. The third-order valence-corrected chi connectivity index (χ3v) is 5.18. The third-order valence-electron chi connectivity index (χ3n) is 4.51. The molecule has 2 heterocycles. The van der Waals surface area contributed by atoms with Gasteiger partial charge in [-0.25, -0.2) is 4.98 Å². The van der Waals surface area contributed by atoms with Gasteiger partial charge in [0.25, 0.3) is 0 Å². The number of rotatable bonds is 1. The van der Waals surface area contributed by atoms with E-state index in [-0.39, 0.29) is 0 Å². The Hall–Kier alpha value is -2.65. The van der Waals surface area contributed by atoms with Crippen LogP contribution >= 0.6 is 15.9 Å². The Labute approximate surface area is 148 Å². The van der Waals surface area contributed by atoms with E-state index in [9.17, 15) is 0 Å². The summed E-state index contributed by atoms with van der Waals surface area (Å²) in [5.41, 5.74) is 4.67. The highest BCUT2D eigenvalue weighted by Crippen LogP contribution is 2.50. The van der Waals surface area contributed by atoms with Crippen LogP contribution in [-0.4, -0.2) is 4.98 Å². The van der Waals surface area contributed by atoms with Crippen LogP contribution in [0.5, 0.6) is 0 Å². The second-order valence-corrected chi connectivity index (χ2v) is 6.70. The quantitative estimate of drug-likeness (QED) is 0.336. The maximum absolute atomic E-state index is 4.71. The first kappa shape index (κ1) is 13.8. The van der Waals surface area contributed by atoms with Gasteiger partial charge < -0.3 is 0 Å². The van der Waals surface area contributed by atoms with Crippen LogP contribution in [-0.2, 0) is 0 Å². The molecule has 4 aromatic rings. The van der Waals surface area contributed by atoms with Crippen molar-refractivity contribution in [2.45, 2.75) is 0 Å². The summed E-state index contributed by atoms with van der Waals surface area (Å²) in [4.78, 5) is 6.95. The molecule has 1 aliphatic heterocycles. The van der Waals surface area contributed by atoms with Crippen LogP contribution in [0.1, 0.15) is 0 Å². The Morgan fingerprint density at radius 3 is 2.33 bits per heavy atom. The lowest BCUT2D eigenvalue weighted by Crippen LogP contribution is -2.16. The van der Waals surface area contributed by atoms with Crippen LogP contribution in [0, 0.1) is 0 Å². The van der Waals surface area contributed by atoms with Gasteiger partial charge in [0.05, 0.1) is 11.4 Å². The molecule has 0 saturated carbocycles. The lowest BCUT2D eigenvalue weighted by atomic mass is 9.93. The Morgan fingerprint density at radius 1 is 0.708 bits per heavy atom. The predicted molar refractivity (Wildman–Crippen MR) is 103 cm³/mol. The number of nitrogens with zero attached hydrogens (tertiary/aromatic N) is 2. The molecular weight excluding hydrogens is 360 g/mol. The van der Waals surface area contributed by atoms with Gasteiger partial charge in [-0.1, -0.05) is 42.5 Å². The summed E-state index contributed by atoms with van der Waals surface area (Å²) in [6.07, 6.45) is 1.86. The van der Waals surface area contributed by atoms with Crippen LogP contribution in [0.25, 0.3) is 21.9 Å². The lowest BCUT2D eigenvalue weighted by molar-refractivity contribution is 1.17. The molecule has 0 spiro atoms. The van der Waals surface area contributed by atoms with E-state index < -0.39 is 0 Å². The van der Waals surface area contributed by atoms with Crippen LogP contribution in [0.15, 0.2) is 83.5 Å². The van der Waals surface area contributed by atoms with Gasteiger partial charge in [-0.05, 0) is 57.2 Å². The van der Waals surface area contributed by atoms with Gasteiger partial charge in [0, 0.05) is 21.6 Å². The SMILES string of the molecule is Brc1ccccc1N1c2ncccc2-c2cccc3cccc1c23. The maximum atomic E-state index is 4.71. The summed E-state index contributed by atoms with van der Waals surface area (Å²) in [5, 5.41) is 2.52.